The van der Waals surface area contributed by atoms with Crippen LogP contribution in [0.2, 0.25) is 0 Å². The standard InChI is InChI=1S/C22H16F3N5O6/c1-10-15(11(2)35-28-10)12-6-7-13-16-17(12)34-9-21(18(26)31,14-5-3-4-8-27-14)29(16)20(33)30(13)36-19(32)22(23,24)25/h3-8H,9H2,1-2H3,(H2,26,31). The van der Waals surface area contributed by atoms with Gasteiger partial charge < -0.3 is 19.8 Å². The van der Waals surface area contributed by atoms with Gasteiger partial charge >= 0.3 is 17.8 Å². The number of nitrogens with two attached hydrogens (primary N) is 1. The average Bonchev–Trinajstić information content (AvgIpc) is 3.31. The third-order valence-electron chi connectivity index (χ3n) is 5.93. The number of carbonyl (C=O) groups is 2. The number of hydrogen-bond donors (Lipinski definition) is 1. The molecule has 1 atom stereocenters. The molecule has 2 N–H and O–H groups in total. The van der Waals surface area contributed by atoms with Crippen molar-refractivity contribution in [2.45, 2.75) is 25.6 Å². The van der Waals surface area contributed by atoms with E-state index < -0.39 is 35.9 Å². The molecule has 4 aromatic rings. The molecule has 1 amide bonds. The minimum absolute atomic E-state index is 0.00538. The molecule has 0 spiro atoms. The number of carbonyl (C=O) groups excluding carboxylic acids is 2. The third kappa shape index (κ3) is 3.10. The molecule has 14 heteroatoms. The van der Waals surface area contributed by atoms with Crippen LogP contribution in [0.3, 0.4) is 0 Å². The highest BCUT2D eigenvalue weighted by Crippen LogP contribution is 2.44. The topological polar surface area (TPSA) is 144 Å². The molecule has 5 rings (SSSR count). The fraction of sp³-hybridized carbons (Fsp3) is 0.227. The number of ether oxygens (including phenoxy) is 1. The van der Waals surface area contributed by atoms with Crippen molar-refractivity contribution in [3.63, 3.8) is 0 Å². The lowest BCUT2D eigenvalue weighted by Gasteiger charge is -2.35. The molecule has 1 aliphatic rings. The molecule has 0 saturated heterocycles. The summed E-state index contributed by atoms with van der Waals surface area (Å²) in [4.78, 5) is 46.7. The van der Waals surface area contributed by atoms with Gasteiger partial charge in [0.15, 0.2) is 5.75 Å². The Morgan fingerprint density at radius 2 is 1.94 bits per heavy atom. The van der Waals surface area contributed by atoms with Gasteiger partial charge in [-0.05, 0) is 38.1 Å². The van der Waals surface area contributed by atoms with Crippen molar-refractivity contribution in [1.29, 1.82) is 0 Å². The summed E-state index contributed by atoms with van der Waals surface area (Å²) < 4.78 is 51.2. The smallest absolute Gasteiger partial charge is 0.487 e. The van der Waals surface area contributed by atoms with Crippen molar-refractivity contribution in [1.82, 2.24) is 19.4 Å². The van der Waals surface area contributed by atoms with E-state index in [1.54, 1.807) is 19.9 Å². The minimum atomic E-state index is -5.40. The normalized spacial score (nSPS) is 17.1. The molecule has 3 aromatic heterocycles. The Balaban J connectivity index is 1.91. The highest BCUT2D eigenvalue weighted by molar-refractivity contribution is 5.97. The number of rotatable bonds is 4. The van der Waals surface area contributed by atoms with Gasteiger partial charge in [0.05, 0.1) is 17.0 Å². The molecule has 186 valence electrons. The molecular weight excluding hydrogens is 487 g/mol. The molecule has 4 heterocycles. The van der Waals surface area contributed by atoms with Crippen LogP contribution < -0.4 is 21.0 Å². The van der Waals surface area contributed by atoms with Crippen LogP contribution in [-0.4, -0.2) is 44.1 Å². The van der Waals surface area contributed by atoms with Gasteiger partial charge in [-0.25, -0.2) is 9.59 Å². The number of aryl methyl sites for hydroxylation is 2. The van der Waals surface area contributed by atoms with Gasteiger partial charge in [0.25, 0.3) is 5.91 Å². The Bertz CT molecular complexity index is 1580. The molecule has 36 heavy (non-hydrogen) atoms. The molecule has 11 nitrogen and oxygen atoms in total. The summed E-state index contributed by atoms with van der Waals surface area (Å²) in [5.41, 5.74) is 3.36. The SMILES string of the molecule is Cc1noc(C)c1-c1ccc2c3c1OCC(C(N)=O)(c1ccccn1)n3c(=O)n2OC(=O)C(F)(F)F. The van der Waals surface area contributed by atoms with Crippen molar-refractivity contribution in [2.24, 2.45) is 5.73 Å². The van der Waals surface area contributed by atoms with Crippen LogP contribution in [0.15, 0.2) is 45.8 Å². The Kier molecular flexibility index (Phi) is 4.95. The number of hydrogen-bond acceptors (Lipinski definition) is 8. The van der Waals surface area contributed by atoms with Gasteiger partial charge in [-0.2, -0.15) is 13.2 Å². The minimum Gasteiger partial charge on any atom is -0.487 e. The first-order chi connectivity index (χ1) is 17.0. The van der Waals surface area contributed by atoms with Crippen molar-refractivity contribution in [3.05, 3.63) is 64.2 Å². The molecule has 1 aromatic carbocycles. The highest BCUT2D eigenvalue weighted by Gasteiger charge is 2.51. The molecule has 0 aliphatic carbocycles. The molecule has 0 radical (unpaired) electrons. The number of imidazole rings is 1. The van der Waals surface area contributed by atoms with Crippen molar-refractivity contribution in [3.8, 4) is 16.9 Å². The fourth-order valence-corrected chi connectivity index (χ4v) is 4.36. The second-order valence-electron chi connectivity index (χ2n) is 8.03. The van der Waals surface area contributed by atoms with E-state index in [4.69, 9.17) is 15.0 Å². The van der Waals surface area contributed by atoms with Crippen LogP contribution in [0.5, 0.6) is 5.75 Å². The van der Waals surface area contributed by atoms with Crippen molar-refractivity contribution >= 4 is 22.9 Å². The first kappa shape index (κ1) is 23.1. The highest BCUT2D eigenvalue weighted by atomic mass is 19.4. The van der Waals surface area contributed by atoms with Crippen LogP contribution in [0.25, 0.3) is 22.2 Å². The van der Waals surface area contributed by atoms with Crippen molar-refractivity contribution < 1.29 is 36.9 Å². The van der Waals surface area contributed by atoms with Gasteiger partial charge in [0, 0.05) is 11.8 Å². The molecule has 0 fully saturated rings. The molecule has 0 saturated carbocycles. The maximum absolute atomic E-state index is 13.6. The molecular formula is C22H16F3N5O6. The summed E-state index contributed by atoms with van der Waals surface area (Å²) in [6.45, 7) is 2.77. The third-order valence-corrected chi connectivity index (χ3v) is 5.93. The molecule has 0 bridgehead atoms. The number of alkyl halides is 3. The lowest BCUT2D eigenvalue weighted by Crippen LogP contribution is -2.57. The van der Waals surface area contributed by atoms with E-state index in [1.807, 2.05) is 0 Å². The largest absolute Gasteiger partial charge is 0.493 e. The van der Waals surface area contributed by atoms with Crippen LogP contribution in [0.4, 0.5) is 13.2 Å². The zero-order chi connectivity index (χ0) is 26.0. The van der Waals surface area contributed by atoms with E-state index in [1.165, 1.54) is 30.5 Å². The zero-order valence-electron chi connectivity index (χ0n) is 18.6. The number of halogens is 3. The number of aromatic nitrogens is 4. The Labute approximate surface area is 198 Å². The van der Waals surface area contributed by atoms with Gasteiger partial charge in [0.2, 0.25) is 5.54 Å². The Morgan fingerprint density at radius 3 is 2.53 bits per heavy atom. The number of nitrogens with zero attached hydrogens (tertiary/aromatic N) is 4. The number of benzene rings is 1. The Morgan fingerprint density at radius 1 is 1.19 bits per heavy atom. The summed E-state index contributed by atoms with van der Waals surface area (Å²) in [6, 6.07) is 7.20. The van der Waals surface area contributed by atoms with E-state index in [9.17, 15) is 27.6 Å². The van der Waals surface area contributed by atoms with Gasteiger partial charge in [-0.1, -0.05) is 11.2 Å². The summed E-state index contributed by atoms with van der Waals surface area (Å²) in [6.07, 6.45) is -4.05. The summed E-state index contributed by atoms with van der Waals surface area (Å²) in [5.74, 6) is -3.28. The average molecular weight is 503 g/mol. The lowest BCUT2D eigenvalue weighted by atomic mass is 9.91. The summed E-state index contributed by atoms with van der Waals surface area (Å²) >= 11 is 0. The second-order valence-corrected chi connectivity index (χ2v) is 8.03. The molecule has 1 unspecified atom stereocenters. The Hall–Kier alpha value is -4.62. The van der Waals surface area contributed by atoms with Crippen molar-refractivity contribution in [2.75, 3.05) is 6.61 Å². The van der Waals surface area contributed by atoms with E-state index in [2.05, 4.69) is 15.0 Å². The van der Waals surface area contributed by atoms with E-state index in [0.717, 1.165) is 4.57 Å². The fourth-order valence-electron chi connectivity index (χ4n) is 4.36. The lowest BCUT2D eigenvalue weighted by molar-refractivity contribution is -0.199. The van der Waals surface area contributed by atoms with E-state index >= 15 is 0 Å². The first-order valence-electron chi connectivity index (χ1n) is 10.4. The predicted molar refractivity (Wildman–Crippen MR) is 115 cm³/mol. The number of amides is 1. The summed E-state index contributed by atoms with van der Waals surface area (Å²) in [7, 11) is 0. The van der Waals surface area contributed by atoms with Crippen LogP contribution >= 0.6 is 0 Å². The van der Waals surface area contributed by atoms with Crippen LogP contribution in [0, 0.1) is 13.8 Å². The first-order valence-corrected chi connectivity index (χ1v) is 10.4. The summed E-state index contributed by atoms with van der Waals surface area (Å²) in [5, 5.41) is 3.90. The quantitative estimate of drug-likeness (QED) is 0.442. The van der Waals surface area contributed by atoms with Crippen LogP contribution in [-0.2, 0) is 15.1 Å². The maximum atomic E-state index is 13.6. The van der Waals surface area contributed by atoms with Gasteiger partial charge in [0.1, 0.15) is 23.4 Å². The van der Waals surface area contributed by atoms with Crippen LogP contribution in [0.1, 0.15) is 17.1 Å². The number of pyridine rings is 1. The van der Waals surface area contributed by atoms with E-state index in [0.29, 0.717) is 22.6 Å². The molecule has 1 aliphatic heterocycles. The number of primary amides is 1. The van der Waals surface area contributed by atoms with E-state index in [-0.39, 0.29) is 27.2 Å². The zero-order valence-corrected chi connectivity index (χ0v) is 18.6. The monoisotopic (exact) mass is 503 g/mol. The van der Waals surface area contributed by atoms with Gasteiger partial charge in [-0.15, -0.1) is 4.73 Å². The second kappa shape index (κ2) is 7.69. The predicted octanol–water partition coefficient (Wildman–Crippen LogP) is 1.61. The van der Waals surface area contributed by atoms with Gasteiger partial charge in [-0.3, -0.25) is 14.3 Å². The maximum Gasteiger partial charge on any atom is 0.493 e.